The van der Waals surface area contributed by atoms with Crippen molar-refractivity contribution >= 4 is 5.91 Å². The molecule has 1 amide bonds. The Kier molecular flexibility index (Phi) is 3.70. The standard InChI is InChI=1S/C10H16N4O3/c1-8(15)9-6-14(12-11-9)7-10(16)13-2-4-17-5-3-13/h6,8,15H,2-5,7H2,1H3. The Hall–Kier alpha value is -1.47. The molecular formula is C10H16N4O3. The third-order valence-electron chi connectivity index (χ3n) is 2.65. The third-order valence-corrected chi connectivity index (χ3v) is 2.65. The normalized spacial score (nSPS) is 18.1. The highest BCUT2D eigenvalue weighted by Gasteiger charge is 2.18. The molecule has 0 spiro atoms. The van der Waals surface area contributed by atoms with E-state index >= 15 is 0 Å². The summed E-state index contributed by atoms with van der Waals surface area (Å²) in [4.78, 5) is 13.6. The molecule has 1 aromatic rings. The fourth-order valence-corrected chi connectivity index (χ4v) is 1.63. The number of carbonyl (C=O) groups is 1. The van der Waals surface area contributed by atoms with Crippen LogP contribution in [-0.2, 0) is 16.1 Å². The topological polar surface area (TPSA) is 80.5 Å². The maximum absolute atomic E-state index is 11.9. The SMILES string of the molecule is CC(O)c1cn(CC(=O)N2CCOCC2)nn1. The van der Waals surface area contributed by atoms with Crippen LogP contribution >= 0.6 is 0 Å². The first kappa shape index (κ1) is 12.0. The number of amides is 1. The van der Waals surface area contributed by atoms with Crippen molar-refractivity contribution in [3.05, 3.63) is 11.9 Å². The van der Waals surface area contributed by atoms with E-state index in [1.807, 2.05) is 0 Å². The molecule has 1 aliphatic rings. The molecule has 0 aromatic carbocycles. The summed E-state index contributed by atoms with van der Waals surface area (Å²) in [6.07, 6.45) is 0.922. The number of aliphatic hydroxyl groups excluding tert-OH is 1. The van der Waals surface area contributed by atoms with E-state index < -0.39 is 6.10 Å². The van der Waals surface area contributed by atoms with Crippen molar-refractivity contribution in [1.29, 1.82) is 0 Å². The van der Waals surface area contributed by atoms with Crippen LogP contribution in [0.25, 0.3) is 0 Å². The third kappa shape index (κ3) is 3.01. The maximum Gasteiger partial charge on any atom is 0.244 e. The summed E-state index contributed by atoms with van der Waals surface area (Å²) in [7, 11) is 0. The van der Waals surface area contributed by atoms with Crippen molar-refractivity contribution in [1.82, 2.24) is 19.9 Å². The second-order valence-corrected chi connectivity index (χ2v) is 4.01. The highest BCUT2D eigenvalue weighted by molar-refractivity contribution is 5.75. The number of carbonyl (C=O) groups excluding carboxylic acids is 1. The van der Waals surface area contributed by atoms with Gasteiger partial charge in [0.2, 0.25) is 5.91 Å². The van der Waals surface area contributed by atoms with E-state index in [2.05, 4.69) is 10.3 Å². The molecule has 94 valence electrons. The zero-order valence-electron chi connectivity index (χ0n) is 9.74. The minimum atomic E-state index is -0.665. The van der Waals surface area contributed by atoms with E-state index in [1.165, 1.54) is 4.68 Å². The van der Waals surface area contributed by atoms with Gasteiger partial charge < -0.3 is 14.7 Å². The van der Waals surface area contributed by atoms with Crippen LogP contribution in [0.15, 0.2) is 6.20 Å². The first-order valence-corrected chi connectivity index (χ1v) is 5.60. The summed E-state index contributed by atoms with van der Waals surface area (Å²) in [5, 5.41) is 16.9. The Morgan fingerprint density at radius 3 is 2.88 bits per heavy atom. The van der Waals surface area contributed by atoms with Crippen molar-refractivity contribution in [3.8, 4) is 0 Å². The van der Waals surface area contributed by atoms with Gasteiger partial charge in [-0.3, -0.25) is 4.79 Å². The van der Waals surface area contributed by atoms with Crippen LogP contribution < -0.4 is 0 Å². The van der Waals surface area contributed by atoms with Crippen LogP contribution in [0.3, 0.4) is 0 Å². The van der Waals surface area contributed by atoms with E-state index in [1.54, 1.807) is 18.0 Å². The zero-order chi connectivity index (χ0) is 12.3. The summed E-state index contributed by atoms with van der Waals surface area (Å²) in [6.45, 7) is 4.18. The molecule has 2 heterocycles. The number of nitrogens with zero attached hydrogens (tertiary/aromatic N) is 4. The fraction of sp³-hybridized carbons (Fsp3) is 0.700. The molecule has 1 N–H and O–H groups in total. The Morgan fingerprint density at radius 2 is 2.29 bits per heavy atom. The lowest BCUT2D eigenvalue weighted by molar-refractivity contribution is -0.136. The smallest absolute Gasteiger partial charge is 0.244 e. The number of aromatic nitrogens is 3. The monoisotopic (exact) mass is 240 g/mol. The van der Waals surface area contributed by atoms with Gasteiger partial charge in [0.1, 0.15) is 12.2 Å². The fourth-order valence-electron chi connectivity index (χ4n) is 1.63. The van der Waals surface area contributed by atoms with Crippen LogP contribution in [0.1, 0.15) is 18.7 Å². The summed E-state index contributed by atoms with van der Waals surface area (Å²) in [5.74, 6) is -0.00431. The molecule has 17 heavy (non-hydrogen) atoms. The Morgan fingerprint density at radius 1 is 1.59 bits per heavy atom. The van der Waals surface area contributed by atoms with Crippen LogP contribution in [0, 0.1) is 0 Å². The van der Waals surface area contributed by atoms with Crippen LogP contribution in [-0.4, -0.2) is 57.2 Å². The van der Waals surface area contributed by atoms with Gasteiger partial charge in [0.15, 0.2) is 0 Å². The molecule has 0 bridgehead atoms. The molecule has 1 aliphatic heterocycles. The van der Waals surface area contributed by atoms with E-state index in [9.17, 15) is 9.90 Å². The molecule has 2 rings (SSSR count). The Balaban J connectivity index is 1.92. The van der Waals surface area contributed by atoms with Crippen molar-refractivity contribution in [2.45, 2.75) is 19.6 Å². The number of hydrogen-bond acceptors (Lipinski definition) is 5. The number of ether oxygens (including phenoxy) is 1. The maximum atomic E-state index is 11.9. The van der Waals surface area contributed by atoms with Gasteiger partial charge in [-0.25, -0.2) is 4.68 Å². The van der Waals surface area contributed by atoms with Gasteiger partial charge in [0.05, 0.1) is 25.5 Å². The van der Waals surface area contributed by atoms with Crippen molar-refractivity contribution < 1.29 is 14.6 Å². The van der Waals surface area contributed by atoms with Crippen LogP contribution in [0.2, 0.25) is 0 Å². The number of morpholine rings is 1. The molecule has 7 heteroatoms. The van der Waals surface area contributed by atoms with E-state index in [-0.39, 0.29) is 12.5 Å². The van der Waals surface area contributed by atoms with Crippen molar-refractivity contribution in [2.75, 3.05) is 26.3 Å². The molecule has 0 saturated carbocycles. The number of rotatable bonds is 3. The minimum absolute atomic E-state index is 0.00431. The van der Waals surface area contributed by atoms with Gasteiger partial charge >= 0.3 is 0 Å². The summed E-state index contributed by atoms with van der Waals surface area (Å²) < 4.78 is 6.62. The van der Waals surface area contributed by atoms with Crippen molar-refractivity contribution in [3.63, 3.8) is 0 Å². The molecule has 1 unspecified atom stereocenters. The highest BCUT2D eigenvalue weighted by atomic mass is 16.5. The molecule has 1 saturated heterocycles. The summed E-state index contributed by atoms with van der Waals surface area (Å²) in [6, 6.07) is 0. The highest BCUT2D eigenvalue weighted by Crippen LogP contribution is 2.06. The number of aliphatic hydroxyl groups is 1. The lowest BCUT2D eigenvalue weighted by Crippen LogP contribution is -2.42. The molecular weight excluding hydrogens is 224 g/mol. The van der Waals surface area contributed by atoms with Crippen molar-refractivity contribution in [2.24, 2.45) is 0 Å². The van der Waals surface area contributed by atoms with Crippen LogP contribution in [0.4, 0.5) is 0 Å². The molecule has 1 atom stereocenters. The lowest BCUT2D eigenvalue weighted by atomic mass is 10.3. The first-order chi connectivity index (χ1) is 8.16. The predicted molar refractivity (Wildman–Crippen MR) is 58.1 cm³/mol. The molecule has 7 nitrogen and oxygen atoms in total. The Labute approximate surface area is 99.0 Å². The molecule has 0 aliphatic carbocycles. The van der Waals surface area contributed by atoms with E-state index in [0.717, 1.165) is 0 Å². The van der Waals surface area contributed by atoms with E-state index in [4.69, 9.17) is 4.74 Å². The first-order valence-electron chi connectivity index (χ1n) is 5.60. The van der Waals surface area contributed by atoms with E-state index in [0.29, 0.717) is 32.0 Å². The van der Waals surface area contributed by atoms with Gasteiger partial charge in [0, 0.05) is 13.1 Å². The average molecular weight is 240 g/mol. The summed E-state index contributed by atoms with van der Waals surface area (Å²) >= 11 is 0. The predicted octanol–water partition coefficient (Wildman–Crippen LogP) is -0.810. The quantitative estimate of drug-likeness (QED) is 0.747. The molecule has 0 radical (unpaired) electrons. The second kappa shape index (κ2) is 5.24. The molecule has 1 fully saturated rings. The average Bonchev–Trinajstić information content (AvgIpc) is 2.79. The largest absolute Gasteiger partial charge is 0.387 e. The number of hydrogen-bond donors (Lipinski definition) is 1. The second-order valence-electron chi connectivity index (χ2n) is 4.01. The van der Waals surface area contributed by atoms with Gasteiger partial charge in [-0.2, -0.15) is 0 Å². The minimum Gasteiger partial charge on any atom is -0.387 e. The van der Waals surface area contributed by atoms with Gasteiger partial charge in [-0.05, 0) is 6.92 Å². The van der Waals surface area contributed by atoms with Gasteiger partial charge in [-0.15, -0.1) is 5.10 Å². The Bertz CT molecular complexity index is 385. The molecule has 1 aromatic heterocycles. The zero-order valence-corrected chi connectivity index (χ0v) is 9.74. The van der Waals surface area contributed by atoms with Crippen LogP contribution in [0.5, 0.6) is 0 Å². The summed E-state index contributed by atoms with van der Waals surface area (Å²) in [5.41, 5.74) is 0.472. The van der Waals surface area contributed by atoms with Gasteiger partial charge in [0.25, 0.3) is 0 Å². The van der Waals surface area contributed by atoms with Gasteiger partial charge in [-0.1, -0.05) is 5.21 Å². The lowest BCUT2D eigenvalue weighted by Gasteiger charge is -2.26.